The summed E-state index contributed by atoms with van der Waals surface area (Å²) in [6, 6.07) is 8.38. The number of benzene rings is 1. The average Bonchev–Trinajstić information content (AvgIpc) is 3.13. The minimum Gasteiger partial charge on any atom is -0.363 e. The molecule has 1 saturated carbocycles. The van der Waals surface area contributed by atoms with E-state index in [1.165, 1.54) is 12.7 Å². The van der Waals surface area contributed by atoms with Gasteiger partial charge in [0.1, 0.15) is 12.8 Å². The Kier molecular flexibility index (Phi) is 5.71. The summed E-state index contributed by atoms with van der Waals surface area (Å²) in [5.41, 5.74) is 0.532. The fraction of sp³-hybridized carbons (Fsp3) is 0.389. The van der Waals surface area contributed by atoms with Gasteiger partial charge in [0.2, 0.25) is 5.91 Å². The number of hydrogen-bond acceptors (Lipinski definition) is 4. The van der Waals surface area contributed by atoms with Crippen LogP contribution in [0.15, 0.2) is 41.1 Å². The van der Waals surface area contributed by atoms with Crippen molar-refractivity contribution < 1.29 is 14.1 Å². The van der Waals surface area contributed by atoms with Crippen LogP contribution in [0.5, 0.6) is 0 Å². The molecule has 25 heavy (non-hydrogen) atoms. The van der Waals surface area contributed by atoms with Gasteiger partial charge < -0.3 is 14.7 Å². The summed E-state index contributed by atoms with van der Waals surface area (Å²) in [7, 11) is 0. The van der Waals surface area contributed by atoms with E-state index >= 15 is 0 Å². The molecule has 2 amide bonds. The van der Waals surface area contributed by atoms with E-state index in [0.29, 0.717) is 16.4 Å². The fourth-order valence-corrected chi connectivity index (χ4v) is 3.26. The van der Waals surface area contributed by atoms with E-state index in [0.717, 1.165) is 25.7 Å². The van der Waals surface area contributed by atoms with Gasteiger partial charge in [0.05, 0.1) is 0 Å². The molecule has 0 aliphatic heterocycles. The number of carbonyl (C=O) groups excluding carboxylic acids is 2. The summed E-state index contributed by atoms with van der Waals surface area (Å²) in [5.74, 6) is -0.104. The van der Waals surface area contributed by atoms with E-state index < -0.39 is 0 Å². The number of nitrogens with zero attached hydrogens (tertiary/aromatic N) is 2. The smallest absolute Gasteiger partial charge is 0.254 e. The second kappa shape index (κ2) is 8.16. The highest BCUT2D eigenvalue weighted by molar-refractivity contribution is 6.30. The topological polar surface area (TPSA) is 75.4 Å². The van der Waals surface area contributed by atoms with E-state index in [1.54, 1.807) is 35.2 Å². The predicted molar refractivity (Wildman–Crippen MR) is 94.5 cm³/mol. The zero-order valence-corrected chi connectivity index (χ0v) is 14.5. The quantitative estimate of drug-likeness (QED) is 0.880. The molecule has 3 rings (SSSR count). The summed E-state index contributed by atoms with van der Waals surface area (Å²) >= 11 is 5.90. The normalized spacial score (nSPS) is 14.9. The number of anilines is 1. The fourth-order valence-electron chi connectivity index (χ4n) is 3.13. The molecule has 0 atom stereocenters. The van der Waals surface area contributed by atoms with E-state index in [1.807, 2.05) is 0 Å². The molecule has 0 saturated heterocycles. The van der Waals surface area contributed by atoms with Crippen LogP contribution in [0.3, 0.4) is 0 Å². The molecule has 1 heterocycles. The first-order valence-corrected chi connectivity index (χ1v) is 8.78. The first kappa shape index (κ1) is 17.5. The Morgan fingerprint density at radius 1 is 1.16 bits per heavy atom. The summed E-state index contributed by atoms with van der Waals surface area (Å²) in [5, 5.41) is 6.89. The lowest BCUT2D eigenvalue weighted by atomic mass is 9.93. The summed E-state index contributed by atoms with van der Waals surface area (Å²) < 4.78 is 4.71. The molecule has 0 bridgehead atoms. The number of amides is 2. The molecule has 1 N–H and O–H groups in total. The second-order valence-corrected chi connectivity index (χ2v) is 6.60. The highest BCUT2D eigenvalue weighted by atomic mass is 35.5. The van der Waals surface area contributed by atoms with Crippen LogP contribution in [-0.2, 0) is 4.79 Å². The van der Waals surface area contributed by atoms with Crippen LogP contribution in [0.4, 0.5) is 5.82 Å². The van der Waals surface area contributed by atoms with Crippen molar-refractivity contribution in [1.82, 2.24) is 10.1 Å². The van der Waals surface area contributed by atoms with Crippen LogP contribution in [-0.4, -0.2) is 34.5 Å². The zero-order valence-electron chi connectivity index (χ0n) is 13.8. The molecule has 0 radical (unpaired) electrons. The number of hydrogen-bond donors (Lipinski definition) is 1. The molecule has 1 aromatic heterocycles. The van der Waals surface area contributed by atoms with Crippen molar-refractivity contribution in [1.29, 1.82) is 0 Å². The second-order valence-electron chi connectivity index (χ2n) is 6.16. The molecule has 1 aliphatic carbocycles. The Bertz CT molecular complexity index is 710. The molecule has 132 valence electrons. The minimum atomic E-state index is -0.290. The van der Waals surface area contributed by atoms with Crippen LogP contribution in [0.2, 0.25) is 5.02 Å². The molecule has 1 fully saturated rings. The molecule has 6 nitrogen and oxygen atoms in total. The third kappa shape index (κ3) is 4.60. The Morgan fingerprint density at radius 2 is 1.88 bits per heavy atom. The number of rotatable bonds is 5. The molecule has 1 aliphatic rings. The average molecular weight is 362 g/mol. The van der Waals surface area contributed by atoms with Crippen molar-refractivity contribution in [3.05, 3.63) is 47.2 Å². The number of nitrogens with one attached hydrogen (secondary N) is 1. The van der Waals surface area contributed by atoms with E-state index in [2.05, 4.69) is 10.5 Å². The van der Waals surface area contributed by atoms with Crippen LogP contribution in [0, 0.1) is 0 Å². The van der Waals surface area contributed by atoms with Crippen LogP contribution in [0.1, 0.15) is 42.5 Å². The summed E-state index contributed by atoms with van der Waals surface area (Å²) in [6.07, 6.45) is 6.52. The van der Waals surface area contributed by atoms with Crippen molar-refractivity contribution in [3.8, 4) is 0 Å². The first-order valence-electron chi connectivity index (χ1n) is 8.40. The van der Waals surface area contributed by atoms with Crippen molar-refractivity contribution in [3.63, 3.8) is 0 Å². The van der Waals surface area contributed by atoms with Gasteiger partial charge >= 0.3 is 0 Å². The number of halogens is 1. The van der Waals surface area contributed by atoms with Gasteiger partial charge in [-0.2, -0.15) is 0 Å². The van der Waals surface area contributed by atoms with Crippen LogP contribution >= 0.6 is 11.6 Å². The predicted octanol–water partition coefficient (Wildman–Crippen LogP) is 3.74. The molecule has 7 heteroatoms. The maximum atomic E-state index is 13.0. The number of aromatic nitrogens is 1. The Labute approximate surface area is 151 Å². The van der Waals surface area contributed by atoms with Gasteiger partial charge in [0.25, 0.3) is 5.91 Å². The van der Waals surface area contributed by atoms with Gasteiger partial charge in [0.15, 0.2) is 5.82 Å². The standard InChI is InChI=1S/C18H20ClN3O3/c19-14-8-6-13(7-9-14)18(24)22(15-4-2-1-3-5-15)12-17(23)20-16-10-11-25-21-16/h6-11,15H,1-5,12H2,(H,20,21,23). The van der Waals surface area contributed by atoms with Crippen molar-refractivity contribution in [2.75, 3.05) is 11.9 Å². The maximum Gasteiger partial charge on any atom is 0.254 e. The summed E-state index contributed by atoms with van der Waals surface area (Å²) in [6.45, 7) is -0.0149. The van der Waals surface area contributed by atoms with Crippen molar-refractivity contribution in [2.24, 2.45) is 0 Å². The molecular formula is C18H20ClN3O3. The molecule has 0 spiro atoms. The Morgan fingerprint density at radius 3 is 2.52 bits per heavy atom. The van der Waals surface area contributed by atoms with Crippen molar-refractivity contribution in [2.45, 2.75) is 38.1 Å². The zero-order chi connectivity index (χ0) is 17.6. The van der Waals surface area contributed by atoms with Gasteiger partial charge in [-0.25, -0.2) is 0 Å². The third-order valence-electron chi connectivity index (χ3n) is 4.39. The Balaban J connectivity index is 1.75. The monoisotopic (exact) mass is 361 g/mol. The van der Waals surface area contributed by atoms with Gasteiger partial charge in [-0.1, -0.05) is 36.0 Å². The van der Waals surface area contributed by atoms with E-state index in [-0.39, 0.29) is 24.4 Å². The molecule has 0 unspecified atom stereocenters. The molecular weight excluding hydrogens is 342 g/mol. The maximum absolute atomic E-state index is 13.0. The SMILES string of the molecule is O=C(CN(C(=O)c1ccc(Cl)cc1)C1CCCCC1)Nc1ccon1. The Hall–Kier alpha value is -2.34. The van der Waals surface area contributed by atoms with Crippen LogP contribution in [0.25, 0.3) is 0 Å². The highest BCUT2D eigenvalue weighted by Gasteiger charge is 2.28. The lowest BCUT2D eigenvalue weighted by Gasteiger charge is -2.34. The van der Waals surface area contributed by atoms with Gasteiger partial charge in [-0.05, 0) is 37.1 Å². The van der Waals surface area contributed by atoms with E-state index in [9.17, 15) is 9.59 Å². The van der Waals surface area contributed by atoms with Crippen molar-refractivity contribution >= 4 is 29.2 Å². The first-order chi connectivity index (χ1) is 12.1. The van der Waals surface area contributed by atoms with E-state index in [4.69, 9.17) is 16.1 Å². The van der Waals surface area contributed by atoms with Gasteiger partial charge in [-0.3, -0.25) is 9.59 Å². The van der Waals surface area contributed by atoms with Gasteiger partial charge in [-0.15, -0.1) is 0 Å². The lowest BCUT2D eigenvalue weighted by molar-refractivity contribution is -0.117. The largest absolute Gasteiger partial charge is 0.363 e. The molecule has 2 aromatic rings. The van der Waals surface area contributed by atoms with Crippen LogP contribution < -0.4 is 5.32 Å². The minimum absolute atomic E-state index is 0.0149. The summed E-state index contributed by atoms with van der Waals surface area (Å²) in [4.78, 5) is 27.0. The molecule has 1 aromatic carbocycles. The highest BCUT2D eigenvalue weighted by Crippen LogP contribution is 2.24. The third-order valence-corrected chi connectivity index (χ3v) is 4.64. The lowest BCUT2D eigenvalue weighted by Crippen LogP contribution is -2.45. The van der Waals surface area contributed by atoms with Gasteiger partial charge in [0, 0.05) is 22.7 Å². The number of carbonyl (C=O) groups is 2.